The quantitative estimate of drug-likeness (QED) is 0.0696. The summed E-state index contributed by atoms with van der Waals surface area (Å²) in [6, 6.07) is 18.3. The first kappa shape index (κ1) is 33.1. The molecule has 3 aromatic carbocycles. The summed E-state index contributed by atoms with van der Waals surface area (Å²) in [6.07, 6.45) is 1.55. The SMILES string of the molecule is CCOC(=O)C1=C(C)NC(=S)N[C@@H]1c1ccccc1OCC(=O)NN=Cc1cc(I)cc(I)c1OCc1ccc(Br)cc1. The lowest BCUT2D eigenvalue weighted by Crippen LogP contribution is -2.45. The van der Waals surface area contributed by atoms with Crippen LogP contribution in [0.4, 0.5) is 0 Å². The number of allylic oxidation sites excluding steroid dienone is 1. The van der Waals surface area contributed by atoms with E-state index in [-0.39, 0.29) is 13.2 Å². The third-order valence-electron chi connectivity index (χ3n) is 6.08. The van der Waals surface area contributed by atoms with E-state index in [1.165, 1.54) is 0 Å². The van der Waals surface area contributed by atoms with Gasteiger partial charge in [-0.25, -0.2) is 10.2 Å². The number of hydrogen-bond acceptors (Lipinski definition) is 7. The van der Waals surface area contributed by atoms with Crippen molar-refractivity contribution < 1.29 is 23.8 Å². The number of amides is 1. The number of carbonyl (C=O) groups excluding carboxylic acids is 2. The Morgan fingerprint density at radius 1 is 1.12 bits per heavy atom. The van der Waals surface area contributed by atoms with Crippen LogP contribution in [0, 0.1) is 7.14 Å². The normalized spacial score (nSPS) is 14.6. The first-order valence-corrected chi connectivity index (χ1v) is 16.4. The fourth-order valence-corrected chi connectivity index (χ4v) is 6.75. The Balaban J connectivity index is 1.43. The second-order valence-corrected chi connectivity index (χ2v) is 12.9. The number of esters is 1. The van der Waals surface area contributed by atoms with Crippen LogP contribution in [0.25, 0.3) is 0 Å². The van der Waals surface area contributed by atoms with Gasteiger partial charge < -0.3 is 24.8 Å². The number of benzene rings is 3. The molecule has 0 bridgehead atoms. The smallest absolute Gasteiger partial charge is 0.338 e. The molecule has 0 fully saturated rings. The van der Waals surface area contributed by atoms with Crippen LogP contribution >= 0.6 is 73.3 Å². The molecule has 3 N–H and O–H groups in total. The molecular weight excluding hydrogens is 862 g/mol. The predicted molar refractivity (Wildman–Crippen MR) is 189 cm³/mol. The molecule has 224 valence electrons. The molecule has 9 nitrogen and oxygen atoms in total. The van der Waals surface area contributed by atoms with Crippen molar-refractivity contribution in [2.24, 2.45) is 5.10 Å². The van der Waals surface area contributed by atoms with Crippen molar-refractivity contribution in [1.29, 1.82) is 0 Å². The van der Waals surface area contributed by atoms with Crippen LogP contribution in [0.5, 0.6) is 11.5 Å². The minimum atomic E-state index is -0.621. The summed E-state index contributed by atoms with van der Waals surface area (Å²) in [5.41, 5.74) is 5.85. The molecule has 0 aliphatic carbocycles. The highest BCUT2D eigenvalue weighted by atomic mass is 127. The molecule has 0 aromatic heterocycles. The fourth-order valence-electron chi connectivity index (χ4n) is 4.17. The first-order chi connectivity index (χ1) is 20.7. The predicted octanol–water partition coefficient (Wildman–Crippen LogP) is 6.12. The first-order valence-electron chi connectivity index (χ1n) is 13.0. The van der Waals surface area contributed by atoms with Crippen LogP contribution < -0.4 is 25.5 Å². The summed E-state index contributed by atoms with van der Waals surface area (Å²) in [6.45, 7) is 3.80. The third-order valence-corrected chi connectivity index (χ3v) is 8.25. The van der Waals surface area contributed by atoms with Crippen molar-refractivity contribution in [2.75, 3.05) is 13.2 Å². The molecule has 1 atom stereocenters. The minimum absolute atomic E-state index is 0.228. The lowest BCUT2D eigenvalue weighted by molar-refractivity contribution is -0.139. The van der Waals surface area contributed by atoms with Gasteiger partial charge in [0.1, 0.15) is 18.1 Å². The molecule has 1 heterocycles. The monoisotopic (exact) mass is 888 g/mol. The van der Waals surface area contributed by atoms with Gasteiger partial charge in [0.2, 0.25) is 0 Å². The highest BCUT2D eigenvalue weighted by Crippen LogP contribution is 2.34. The molecule has 0 saturated carbocycles. The van der Waals surface area contributed by atoms with E-state index in [9.17, 15) is 9.59 Å². The van der Waals surface area contributed by atoms with Crippen LogP contribution in [-0.2, 0) is 20.9 Å². The average Bonchev–Trinajstić information content (AvgIpc) is 2.96. The van der Waals surface area contributed by atoms with Gasteiger partial charge in [-0.15, -0.1) is 0 Å². The Hall–Kier alpha value is -2.76. The fraction of sp³-hybridized carbons (Fsp3) is 0.200. The van der Waals surface area contributed by atoms with Crippen LogP contribution in [-0.4, -0.2) is 36.4 Å². The van der Waals surface area contributed by atoms with Gasteiger partial charge in [-0.1, -0.05) is 46.3 Å². The molecule has 1 aliphatic heterocycles. The summed E-state index contributed by atoms with van der Waals surface area (Å²) in [4.78, 5) is 25.5. The van der Waals surface area contributed by atoms with Crippen LogP contribution in [0.1, 0.15) is 36.6 Å². The maximum Gasteiger partial charge on any atom is 0.338 e. The van der Waals surface area contributed by atoms with Crippen molar-refractivity contribution in [3.8, 4) is 11.5 Å². The summed E-state index contributed by atoms with van der Waals surface area (Å²) in [5.74, 6) is 0.143. The van der Waals surface area contributed by atoms with E-state index in [4.69, 9.17) is 26.4 Å². The number of nitrogens with one attached hydrogen (secondary N) is 3. The van der Waals surface area contributed by atoms with E-state index < -0.39 is 17.9 Å². The van der Waals surface area contributed by atoms with Crippen molar-refractivity contribution in [3.05, 3.63) is 100 Å². The Bertz CT molecular complexity index is 1580. The Morgan fingerprint density at radius 2 is 1.86 bits per heavy atom. The van der Waals surface area contributed by atoms with Gasteiger partial charge in [-0.05, 0) is 107 Å². The zero-order valence-corrected chi connectivity index (χ0v) is 29.8. The molecule has 0 saturated heterocycles. The molecular formula is C30H27BrI2N4O5S. The van der Waals surface area contributed by atoms with Gasteiger partial charge >= 0.3 is 5.97 Å². The zero-order valence-electron chi connectivity index (χ0n) is 23.1. The van der Waals surface area contributed by atoms with Gasteiger partial charge in [0.05, 0.1) is 28.0 Å². The average molecular weight is 889 g/mol. The topological polar surface area (TPSA) is 110 Å². The van der Waals surface area contributed by atoms with Gasteiger partial charge in [-0.2, -0.15) is 5.10 Å². The highest BCUT2D eigenvalue weighted by molar-refractivity contribution is 14.1. The minimum Gasteiger partial charge on any atom is -0.487 e. The van der Waals surface area contributed by atoms with E-state index >= 15 is 0 Å². The lowest BCUT2D eigenvalue weighted by Gasteiger charge is -2.30. The second kappa shape index (κ2) is 15.8. The standard InChI is InChI=1S/C30H27BrI2N4O5S/c1-3-40-29(39)26-17(2)35-30(43)36-27(26)22-6-4-5-7-24(22)41-16-25(38)37-34-14-19-12-21(32)13-23(33)28(19)42-15-18-8-10-20(31)11-9-18/h4-14,27H,3,15-16H2,1-2H3,(H,37,38)(H2,35,36,43)/t27-/m1/s1. The number of hydrazone groups is 1. The van der Waals surface area contributed by atoms with Crippen molar-refractivity contribution in [3.63, 3.8) is 0 Å². The van der Waals surface area contributed by atoms with Gasteiger partial charge in [0, 0.05) is 24.9 Å². The van der Waals surface area contributed by atoms with Crippen molar-refractivity contribution in [1.82, 2.24) is 16.1 Å². The molecule has 0 unspecified atom stereocenters. The number of ether oxygens (including phenoxy) is 3. The number of carbonyl (C=O) groups is 2. The Kier molecular flexibility index (Phi) is 12.2. The molecule has 4 rings (SSSR count). The van der Waals surface area contributed by atoms with Crippen molar-refractivity contribution >= 4 is 96.5 Å². The number of nitrogens with zero attached hydrogens (tertiary/aromatic N) is 1. The number of halogens is 3. The molecule has 0 spiro atoms. The maximum atomic E-state index is 12.8. The molecule has 43 heavy (non-hydrogen) atoms. The van der Waals surface area contributed by atoms with Crippen LogP contribution in [0.2, 0.25) is 0 Å². The second-order valence-electron chi connectivity index (χ2n) is 9.13. The van der Waals surface area contributed by atoms with Gasteiger partial charge in [0.25, 0.3) is 5.91 Å². The molecule has 3 aromatic rings. The molecule has 13 heteroatoms. The highest BCUT2D eigenvalue weighted by Gasteiger charge is 2.32. The summed E-state index contributed by atoms with van der Waals surface area (Å²) < 4.78 is 20.2. The van der Waals surface area contributed by atoms with E-state index in [1.807, 2.05) is 42.5 Å². The Labute approximate surface area is 290 Å². The number of hydrogen-bond donors (Lipinski definition) is 3. The Morgan fingerprint density at radius 3 is 2.60 bits per heavy atom. The number of para-hydroxylation sites is 1. The summed E-state index contributed by atoms with van der Waals surface area (Å²) in [5, 5.41) is 10.6. The van der Waals surface area contributed by atoms with Crippen molar-refractivity contribution in [2.45, 2.75) is 26.5 Å². The molecule has 0 radical (unpaired) electrons. The third kappa shape index (κ3) is 9.12. The molecule has 1 amide bonds. The lowest BCUT2D eigenvalue weighted by atomic mass is 9.95. The number of rotatable bonds is 11. The van der Waals surface area contributed by atoms with E-state index in [1.54, 1.807) is 38.3 Å². The summed E-state index contributed by atoms with van der Waals surface area (Å²) >= 11 is 13.2. The van der Waals surface area contributed by atoms with Gasteiger partial charge in [-0.3, -0.25) is 4.79 Å². The zero-order chi connectivity index (χ0) is 30.9. The van der Waals surface area contributed by atoms with Crippen LogP contribution in [0.3, 0.4) is 0 Å². The summed E-state index contributed by atoms with van der Waals surface area (Å²) in [7, 11) is 0. The van der Waals surface area contributed by atoms with E-state index in [0.717, 1.165) is 22.7 Å². The van der Waals surface area contributed by atoms with Crippen LogP contribution in [0.15, 0.2) is 81.5 Å². The van der Waals surface area contributed by atoms with Gasteiger partial charge in [0.15, 0.2) is 11.7 Å². The van der Waals surface area contributed by atoms with E-state index in [0.29, 0.717) is 40.1 Å². The van der Waals surface area contributed by atoms with E-state index in [2.05, 4.69) is 82.3 Å². The molecule has 1 aliphatic rings. The maximum absolute atomic E-state index is 12.8. The number of thiocarbonyl (C=S) groups is 1. The largest absolute Gasteiger partial charge is 0.487 e.